The van der Waals surface area contributed by atoms with Gasteiger partial charge >= 0.3 is 0 Å². The molecule has 3 heteroatoms. The molecule has 0 radical (unpaired) electrons. The van der Waals surface area contributed by atoms with E-state index in [1.54, 1.807) is 0 Å². The molecule has 0 heterocycles. The molecule has 0 aliphatic carbocycles. The summed E-state index contributed by atoms with van der Waals surface area (Å²) < 4.78 is 0. The molecule has 19 heavy (non-hydrogen) atoms. The third-order valence-corrected chi connectivity index (χ3v) is 3.25. The zero-order valence-electron chi connectivity index (χ0n) is 12.3. The van der Waals surface area contributed by atoms with E-state index in [1.807, 2.05) is 24.3 Å². The quantitative estimate of drug-likeness (QED) is 0.812. The van der Waals surface area contributed by atoms with Gasteiger partial charge in [0.05, 0.1) is 5.38 Å². The molecule has 0 fully saturated rings. The summed E-state index contributed by atoms with van der Waals surface area (Å²) in [4.78, 5) is 11.9. The maximum absolute atomic E-state index is 11.9. The van der Waals surface area contributed by atoms with E-state index < -0.39 is 0 Å². The first-order valence-corrected chi connectivity index (χ1v) is 7.26. The topological polar surface area (TPSA) is 29.1 Å². The lowest BCUT2D eigenvalue weighted by atomic mass is 9.90. The second kappa shape index (κ2) is 6.95. The molecule has 106 valence electrons. The monoisotopic (exact) mass is 281 g/mol. The Kier molecular flexibility index (Phi) is 5.86. The van der Waals surface area contributed by atoms with Crippen LogP contribution in [0, 0.1) is 5.41 Å². The molecule has 0 saturated carbocycles. The molecule has 0 aliphatic heterocycles. The second-order valence-corrected chi connectivity index (χ2v) is 6.74. The third kappa shape index (κ3) is 6.11. The molecule has 1 unspecified atom stereocenters. The lowest BCUT2D eigenvalue weighted by Gasteiger charge is -2.22. The number of amides is 1. The Hall–Kier alpha value is -1.02. The van der Waals surface area contributed by atoms with Gasteiger partial charge in [-0.1, -0.05) is 39.8 Å². The van der Waals surface area contributed by atoms with Gasteiger partial charge < -0.3 is 5.32 Å². The number of rotatable bonds is 5. The molecule has 1 amide bonds. The van der Waals surface area contributed by atoms with Gasteiger partial charge in [-0.3, -0.25) is 4.79 Å². The van der Waals surface area contributed by atoms with E-state index in [9.17, 15) is 4.79 Å². The molecule has 0 spiro atoms. The van der Waals surface area contributed by atoms with Crippen LogP contribution in [0.25, 0.3) is 0 Å². The van der Waals surface area contributed by atoms with E-state index >= 15 is 0 Å². The SMILES string of the molecule is CCc1ccc(C(=O)NCC(Cl)CC(C)(C)C)cc1. The number of carbonyl (C=O) groups is 1. The lowest BCUT2D eigenvalue weighted by molar-refractivity contribution is 0.0952. The summed E-state index contributed by atoms with van der Waals surface area (Å²) in [6.45, 7) is 9.04. The first kappa shape index (κ1) is 16.0. The van der Waals surface area contributed by atoms with Crippen molar-refractivity contribution in [2.24, 2.45) is 5.41 Å². The zero-order chi connectivity index (χ0) is 14.5. The van der Waals surface area contributed by atoms with Crippen LogP contribution in [0.5, 0.6) is 0 Å². The third-order valence-electron chi connectivity index (χ3n) is 2.94. The highest BCUT2D eigenvalue weighted by Crippen LogP contribution is 2.23. The van der Waals surface area contributed by atoms with Gasteiger partial charge in [0.1, 0.15) is 0 Å². The standard InChI is InChI=1S/C16H24ClNO/c1-5-12-6-8-13(9-7-12)15(19)18-11-14(17)10-16(2,3)4/h6-9,14H,5,10-11H2,1-4H3,(H,18,19). The van der Waals surface area contributed by atoms with Crippen LogP contribution in [0.15, 0.2) is 24.3 Å². The lowest BCUT2D eigenvalue weighted by Crippen LogP contribution is -2.31. The minimum absolute atomic E-state index is 0.0288. The fraction of sp³-hybridized carbons (Fsp3) is 0.562. The average molecular weight is 282 g/mol. The summed E-state index contributed by atoms with van der Waals surface area (Å²) in [5.41, 5.74) is 2.11. The Morgan fingerprint density at radius 1 is 1.26 bits per heavy atom. The average Bonchev–Trinajstić information content (AvgIpc) is 2.34. The molecule has 1 aromatic rings. The van der Waals surface area contributed by atoms with Gasteiger partial charge in [0, 0.05) is 12.1 Å². The predicted molar refractivity (Wildman–Crippen MR) is 81.9 cm³/mol. The Balaban J connectivity index is 2.46. The van der Waals surface area contributed by atoms with Crippen LogP contribution in [-0.4, -0.2) is 17.8 Å². The van der Waals surface area contributed by atoms with Crippen molar-refractivity contribution in [1.29, 1.82) is 0 Å². The number of nitrogens with one attached hydrogen (secondary N) is 1. The second-order valence-electron chi connectivity index (χ2n) is 6.12. The number of alkyl halides is 1. The van der Waals surface area contributed by atoms with Crippen LogP contribution >= 0.6 is 11.6 Å². The van der Waals surface area contributed by atoms with Crippen LogP contribution in [0.4, 0.5) is 0 Å². The van der Waals surface area contributed by atoms with Crippen molar-refractivity contribution in [1.82, 2.24) is 5.32 Å². The zero-order valence-corrected chi connectivity index (χ0v) is 13.1. The van der Waals surface area contributed by atoms with E-state index in [4.69, 9.17) is 11.6 Å². The summed E-state index contributed by atoms with van der Waals surface area (Å²) in [6.07, 6.45) is 1.86. The van der Waals surface area contributed by atoms with Gasteiger partial charge in [-0.05, 0) is 36.0 Å². The Morgan fingerprint density at radius 3 is 2.32 bits per heavy atom. The Labute approximate surface area is 121 Å². The highest BCUT2D eigenvalue weighted by atomic mass is 35.5. The van der Waals surface area contributed by atoms with Crippen molar-refractivity contribution >= 4 is 17.5 Å². The van der Waals surface area contributed by atoms with Crippen molar-refractivity contribution in [2.75, 3.05) is 6.54 Å². The van der Waals surface area contributed by atoms with Gasteiger partial charge in [-0.25, -0.2) is 0 Å². The van der Waals surface area contributed by atoms with E-state index in [0.717, 1.165) is 12.8 Å². The Morgan fingerprint density at radius 2 is 1.84 bits per heavy atom. The molecular weight excluding hydrogens is 258 g/mol. The minimum Gasteiger partial charge on any atom is -0.351 e. The number of hydrogen-bond acceptors (Lipinski definition) is 1. The maximum Gasteiger partial charge on any atom is 0.251 e. The van der Waals surface area contributed by atoms with Gasteiger partial charge in [0.25, 0.3) is 5.91 Å². The summed E-state index contributed by atoms with van der Waals surface area (Å²) in [5.74, 6) is -0.0535. The highest BCUT2D eigenvalue weighted by molar-refractivity contribution is 6.21. The molecule has 1 aromatic carbocycles. The van der Waals surface area contributed by atoms with E-state index in [2.05, 4.69) is 33.0 Å². The molecule has 0 saturated heterocycles. The summed E-state index contributed by atoms with van der Waals surface area (Å²) in [5, 5.41) is 2.86. The molecule has 1 rings (SSSR count). The van der Waals surface area contributed by atoms with E-state index in [-0.39, 0.29) is 16.7 Å². The molecule has 0 aromatic heterocycles. The summed E-state index contributed by atoms with van der Waals surface area (Å²) in [7, 11) is 0. The molecular formula is C16H24ClNO. The predicted octanol–water partition coefficient (Wildman–Crippen LogP) is 4.02. The number of hydrogen-bond donors (Lipinski definition) is 1. The van der Waals surface area contributed by atoms with E-state index in [0.29, 0.717) is 12.1 Å². The smallest absolute Gasteiger partial charge is 0.251 e. The Bertz CT molecular complexity index is 406. The minimum atomic E-state index is -0.0535. The van der Waals surface area contributed by atoms with E-state index in [1.165, 1.54) is 5.56 Å². The fourth-order valence-electron chi connectivity index (χ4n) is 1.93. The van der Waals surface area contributed by atoms with Crippen molar-refractivity contribution in [3.63, 3.8) is 0 Å². The van der Waals surface area contributed by atoms with Gasteiger partial charge in [-0.2, -0.15) is 0 Å². The van der Waals surface area contributed by atoms with Gasteiger partial charge in [-0.15, -0.1) is 11.6 Å². The first-order valence-electron chi connectivity index (χ1n) is 6.83. The van der Waals surface area contributed by atoms with Gasteiger partial charge in [0.15, 0.2) is 0 Å². The summed E-state index contributed by atoms with van der Waals surface area (Å²) >= 11 is 6.23. The maximum atomic E-state index is 11.9. The van der Waals surface area contributed by atoms with Crippen LogP contribution in [-0.2, 0) is 6.42 Å². The van der Waals surface area contributed by atoms with Crippen molar-refractivity contribution in [3.8, 4) is 0 Å². The molecule has 1 atom stereocenters. The fourth-order valence-corrected chi connectivity index (χ4v) is 2.47. The molecule has 0 aliphatic rings. The normalized spacial score (nSPS) is 13.1. The largest absolute Gasteiger partial charge is 0.351 e. The highest BCUT2D eigenvalue weighted by Gasteiger charge is 2.17. The molecule has 2 nitrogen and oxygen atoms in total. The number of halogens is 1. The number of carbonyl (C=O) groups excluding carboxylic acids is 1. The molecule has 0 bridgehead atoms. The van der Waals surface area contributed by atoms with Crippen molar-refractivity contribution < 1.29 is 4.79 Å². The summed E-state index contributed by atoms with van der Waals surface area (Å²) in [6, 6.07) is 7.70. The van der Waals surface area contributed by atoms with Crippen LogP contribution in [0.1, 0.15) is 50.0 Å². The van der Waals surface area contributed by atoms with Gasteiger partial charge in [0.2, 0.25) is 0 Å². The van der Waals surface area contributed by atoms with Crippen LogP contribution in [0.2, 0.25) is 0 Å². The van der Waals surface area contributed by atoms with Crippen LogP contribution < -0.4 is 5.32 Å². The number of benzene rings is 1. The molecule has 1 N–H and O–H groups in total. The van der Waals surface area contributed by atoms with Crippen molar-refractivity contribution in [3.05, 3.63) is 35.4 Å². The first-order chi connectivity index (χ1) is 8.81. The van der Waals surface area contributed by atoms with Crippen molar-refractivity contribution in [2.45, 2.75) is 45.9 Å². The number of aryl methyl sites for hydroxylation is 1. The van der Waals surface area contributed by atoms with Crippen LogP contribution in [0.3, 0.4) is 0 Å².